The Morgan fingerprint density at radius 3 is 2.92 bits per heavy atom. The number of rotatable bonds is 3. The predicted octanol–water partition coefficient (Wildman–Crippen LogP) is 2.09. The standard InChI is InChI=1S/C18H19ClN6O/c1-11-13(16(19)24(2)23-11)9-25-7-5-15-14(10-25)18(26)22-17(21-15)12-4-3-6-20-8-12/h3-4,6,8H,5,7,9-10H2,1-2H3,(H,21,22,26). The number of aromatic amines is 1. The molecular formula is C18H19ClN6O. The van der Waals surface area contributed by atoms with E-state index in [1.165, 1.54) is 0 Å². The van der Waals surface area contributed by atoms with Crippen molar-refractivity contribution in [2.24, 2.45) is 7.05 Å². The third kappa shape index (κ3) is 3.04. The summed E-state index contributed by atoms with van der Waals surface area (Å²) in [4.78, 5) is 26.5. The van der Waals surface area contributed by atoms with Crippen LogP contribution in [0.3, 0.4) is 0 Å². The highest BCUT2D eigenvalue weighted by Gasteiger charge is 2.23. The SMILES string of the molecule is Cc1nn(C)c(Cl)c1CN1CCc2nc(-c3cccnc3)[nH]c(=O)c2C1. The van der Waals surface area contributed by atoms with E-state index in [2.05, 4.69) is 25.0 Å². The van der Waals surface area contributed by atoms with Crippen LogP contribution in [0.15, 0.2) is 29.3 Å². The van der Waals surface area contributed by atoms with E-state index in [9.17, 15) is 4.79 Å². The smallest absolute Gasteiger partial charge is 0.255 e. The Labute approximate surface area is 155 Å². The predicted molar refractivity (Wildman–Crippen MR) is 98.9 cm³/mol. The van der Waals surface area contributed by atoms with Gasteiger partial charge >= 0.3 is 0 Å². The molecule has 0 atom stereocenters. The number of pyridine rings is 1. The molecule has 0 radical (unpaired) electrons. The Kier molecular flexibility index (Phi) is 4.34. The molecule has 0 aromatic carbocycles. The molecule has 0 fully saturated rings. The van der Waals surface area contributed by atoms with E-state index >= 15 is 0 Å². The molecule has 1 aliphatic heterocycles. The molecule has 0 unspecified atom stereocenters. The van der Waals surface area contributed by atoms with Crippen LogP contribution in [0.25, 0.3) is 11.4 Å². The van der Waals surface area contributed by atoms with E-state index in [0.717, 1.165) is 41.0 Å². The molecule has 26 heavy (non-hydrogen) atoms. The monoisotopic (exact) mass is 370 g/mol. The van der Waals surface area contributed by atoms with E-state index in [-0.39, 0.29) is 5.56 Å². The number of hydrogen-bond donors (Lipinski definition) is 1. The van der Waals surface area contributed by atoms with Crippen molar-refractivity contribution in [1.29, 1.82) is 0 Å². The average molecular weight is 371 g/mol. The lowest BCUT2D eigenvalue weighted by atomic mass is 10.1. The van der Waals surface area contributed by atoms with Crippen LogP contribution in [0.5, 0.6) is 0 Å². The van der Waals surface area contributed by atoms with Crippen molar-refractivity contribution < 1.29 is 0 Å². The number of halogens is 1. The second kappa shape index (κ2) is 6.66. The van der Waals surface area contributed by atoms with Crippen molar-refractivity contribution in [3.05, 3.63) is 62.5 Å². The van der Waals surface area contributed by atoms with Crippen LogP contribution in [0.1, 0.15) is 22.5 Å². The molecule has 1 aliphatic rings. The molecule has 7 nitrogen and oxygen atoms in total. The van der Waals surface area contributed by atoms with Gasteiger partial charge in [-0.3, -0.25) is 19.4 Å². The van der Waals surface area contributed by atoms with Crippen LogP contribution in [0.4, 0.5) is 0 Å². The molecule has 0 amide bonds. The van der Waals surface area contributed by atoms with Gasteiger partial charge in [0.15, 0.2) is 0 Å². The molecule has 0 saturated heterocycles. The van der Waals surface area contributed by atoms with Gasteiger partial charge in [-0.1, -0.05) is 11.6 Å². The molecule has 3 aromatic rings. The maximum atomic E-state index is 12.6. The van der Waals surface area contributed by atoms with Gasteiger partial charge in [0.1, 0.15) is 11.0 Å². The topological polar surface area (TPSA) is 79.7 Å². The van der Waals surface area contributed by atoms with Crippen molar-refractivity contribution in [1.82, 2.24) is 29.6 Å². The molecular weight excluding hydrogens is 352 g/mol. The summed E-state index contributed by atoms with van der Waals surface area (Å²) >= 11 is 6.34. The van der Waals surface area contributed by atoms with Crippen molar-refractivity contribution in [2.75, 3.05) is 6.54 Å². The summed E-state index contributed by atoms with van der Waals surface area (Å²) in [6.07, 6.45) is 4.12. The molecule has 3 aromatic heterocycles. The Morgan fingerprint density at radius 2 is 2.23 bits per heavy atom. The first-order valence-corrected chi connectivity index (χ1v) is 8.83. The second-order valence-corrected chi connectivity index (χ2v) is 6.88. The highest BCUT2D eigenvalue weighted by molar-refractivity contribution is 6.30. The number of aromatic nitrogens is 5. The molecule has 4 rings (SSSR count). The van der Waals surface area contributed by atoms with Crippen molar-refractivity contribution in [3.8, 4) is 11.4 Å². The van der Waals surface area contributed by atoms with E-state index in [4.69, 9.17) is 11.6 Å². The highest BCUT2D eigenvalue weighted by Crippen LogP contribution is 2.24. The number of fused-ring (bicyclic) bond motifs is 1. The first-order valence-electron chi connectivity index (χ1n) is 8.45. The third-order valence-corrected chi connectivity index (χ3v) is 5.21. The first-order chi connectivity index (χ1) is 12.5. The van der Waals surface area contributed by atoms with E-state index in [1.807, 2.05) is 26.1 Å². The summed E-state index contributed by atoms with van der Waals surface area (Å²) in [7, 11) is 1.83. The van der Waals surface area contributed by atoms with Crippen LogP contribution >= 0.6 is 11.6 Å². The molecule has 8 heteroatoms. The minimum atomic E-state index is -0.0902. The van der Waals surface area contributed by atoms with Gasteiger partial charge in [-0.25, -0.2) is 4.98 Å². The molecule has 0 saturated carbocycles. The molecule has 0 aliphatic carbocycles. The zero-order chi connectivity index (χ0) is 18.3. The lowest BCUT2D eigenvalue weighted by Gasteiger charge is -2.27. The largest absolute Gasteiger partial charge is 0.306 e. The highest BCUT2D eigenvalue weighted by atomic mass is 35.5. The average Bonchev–Trinajstić information content (AvgIpc) is 2.89. The number of aryl methyl sites for hydroxylation is 2. The van der Waals surface area contributed by atoms with Gasteiger partial charge in [0.05, 0.1) is 17.0 Å². The van der Waals surface area contributed by atoms with Gasteiger partial charge in [-0.05, 0) is 19.1 Å². The lowest BCUT2D eigenvalue weighted by molar-refractivity contribution is 0.241. The summed E-state index contributed by atoms with van der Waals surface area (Å²) < 4.78 is 1.68. The summed E-state index contributed by atoms with van der Waals surface area (Å²) in [5, 5.41) is 5.00. The van der Waals surface area contributed by atoms with Gasteiger partial charge in [-0.15, -0.1) is 0 Å². The summed E-state index contributed by atoms with van der Waals surface area (Å²) in [5.41, 5.74) is 4.23. The van der Waals surface area contributed by atoms with Gasteiger partial charge < -0.3 is 4.98 Å². The molecule has 134 valence electrons. The quantitative estimate of drug-likeness (QED) is 0.763. The maximum absolute atomic E-state index is 12.6. The molecule has 0 spiro atoms. The Hall–Kier alpha value is -2.51. The summed E-state index contributed by atoms with van der Waals surface area (Å²) in [5.74, 6) is 0.571. The fourth-order valence-electron chi connectivity index (χ4n) is 3.33. The van der Waals surface area contributed by atoms with E-state index < -0.39 is 0 Å². The number of H-pyrrole nitrogens is 1. The van der Waals surface area contributed by atoms with E-state index in [0.29, 0.717) is 24.1 Å². The van der Waals surface area contributed by atoms with Crippen molar-refractivity contribution >= 4 is 11.6 Å². The second-order valence-electron chi connectivity index (χ2n) is 6.52. The fourth-order valence-corrected chi connectivity index (χ4v) is 3.57. The molecule has 4 heterocycles. The van der Waals surface area contributed by atoms with Crippen LogP contribution in [-0.4, -0.2) is 36.2 Å². The Bertz CT molecular complexity index is 1010. The third-order valence-electron chi connectivity index (χ3n) is 4.73. The van der Waals surface area contributed by atoms with Gasteiger partial charge in [-0.2, -0.15) is 5.10 Å². The van der Waals surface area contributed by atoms with Crippen LogP contribution < -0.4 is 5.56 Å². The normalized spacial score (nSPS) is 14.4. The zero-order valence-electron chi connectivity index (χ0n) is 14.7. The van der Waals surface area contributed by atoms with Gasteiger partial charge in [0.2, 0.25) is 0 Å². The number of nitrogens with zero attached hydrogens (tertiary/aromatic N) is 5. The molecule has 0 bridgehead atoms. The minimum Gasteiger partial charge on any atom is -0.306 e. The Morgan fingerprint density at radius 1 is 1.38 bits per heavy atom. The van der Waals surface area contributed by atoms with Gasteiger partial charge in [0.25, 0.3) is 5.56 Å². The van der Waals surface area contributed by atoms with Crippen molar-refractivity contribution in [3.63, 3.8) is 0 Å². The Balaban J connectivity index is 1.60. The van der Waals surface area contributed by atoms with Crippen LogP contribution in [-0.2, 0) is 26.6 Å². The summed E-state index contributed by atoms with van der Waals surface area (Å²) in [6, 6.07) is 3.72. The number of nitrogens with one attached hydrogen (secondary N) is 1. The maximum Gasteiger partial charge on any atom is 0.255 e. The first kappa shape index (κ1) is 16.9. The van der Waals surface area contributed by atoms with Crippen LogP contribution in [0.2, 0.25) is 5.15 Å². The zero-order valence-corrected chi connectivity index (χ0v) is 15.4. The van der Waals surface area contributed by atoms with Crippen LogP contribution in [0, 0.1) is 6.92 Å². The van der Waals surface area contributed by atoms with E-state index in [1.54, 1.807) is 17.1 Å². The lowest BCUT2D eigenvalue weighted by Crippen LogP contribution is -2.35. The minimum absolute atomic E-state index is 0.0902. The fraction of sp³-hybridized carbons (Fsp3) is 0.333. The molecule has 1 N–H and O–H groups in total. The number of hydrogen-bond acceptors (Lipinski definition) is 5. The summed E-state index contributed by atoms with van der Waals surface area (Å²) in [6.45, 7) is 3.99. The van der Waals surface area contributed by atoms with Gasteiger partial charge in [0, 0.05) is 56.6 Å². The van der Waals surface area contributed by atoms with Crippen molar-refractivity contribution in [2.45, 2.75) is 26.4 Å².